The molecule has 1 saturated carbocycles. The number of rotatable bonds is 8. The quantitative estimate of drug-likeness (QED) is 0.537. The molecule has 1 aromatic heterocycles. The molecule has 0 aliphatic heterocycles. The van der Waals surface area contributed by atoms with Crippen LogP contribution in [0.1, 0.15) is 47.8 Å². The number of benzene rings is 1. The first-order chi connectivity index (χ1) is 13.1. The number of para-hydroxylation sites is 1. The number of allylic oxidation sites excluding steroid dienone is 1. The maximum Gasteiger partial charge on any atom is 0.250 e. The lowest BCUT2D eigenvalue weighted by Crippen LogP contribution is -2.19. The maximum atomic E-state index is 12.3. The molecule has 0 bridgehead atoms. The Morgan fingerprint density at radius 1 is 1.30 bits per heavy atom. The number of nitrogens with one attached hydrogen (secondary N) is 1. The minimum atomic E-state index is -0.578. The number of amides is 2. The van der Waals surface area contributed by atoms with Crippen molar-refractivity contribution in [1.82, 2.24) is 14.8 Å². The van der Waals surface area contributed by atoms with Gasteiger partial charge in [-0.25, -0.2) is 0 Å². The molecule has 1 aliphatic carbocycles. The molecule has 1 aromatic carbocycles. The zero-order chi connectivity index (χ0) is 19.2. The summed E-state index contributed by atoms with van der Waals surface area (Å²) in [5.41, 5.74) is 6.04. The highest BCUT2D eigenvalue weighted by Gasteiger charge is 2.24. The van der Waals surface area contributed by atoms with Crippen LogP contribution in [0.2, 0.25) is 0 Å². The molecule has 3 rings (SSSR count). The van der Waals surface area contributed by atoms with Crippen LogP contribution < -0.4 is 11.1 Å². The highest BCUT2D eigenvalue weighted by Crippen LogP contribution is 2.34. The molecule has 0 atom stereocenters. The van der Waals surface area contributed by atoms with Gasteiger partial charge in [-0.3, -0.25) is 9.59 Å². The van der Waals surface area contributed by atoms with E-state index in [1.54, 1.807) is 24.3 Å². The van der Waals surface area contributed by atoms with Crippen molar-refractivity contribution in [3.63, 3.8) is 0 Å². The Labute approximate surface area is 162 Å². The van der Waals surface area contributed by atoms with Crippen LogP contribution in [0.4, 0.5) is 5.69 Å². The van der Waals surface area contributed by atoms with Gasteiger partial charge in [-0.15, -0.1) is 16.8 Å². The molecule has 0 radical (unpaired) electrons. The molecule has 27 heavy (non-hydrogen) atoms. The van der Waals surface area contributed by atoms with Gasteiger partial charge in [0.1, 0.15) is 5.82 Å². The van der Waals surface area contributed by atoms with Crippen molar-refractivity contribution in [3.8, 4) is 0 Å². The summed E-state index contributed by atoms with van der Waals surface area (Å²) >= 11 is 1.32. The summed E-state index contributed by atoms with van der Waals surface area (Å²) in [5, 5.41) is 12.1. The number of carbonyl (C=O) groups excluding carboxylic acids is 2. The Morgan fingerprint density at radius 3 is 2.74 bits per heavy atom. The Morgan fingerprint density at radius 2 is 2.04 bits per heavy atom. The second kappa shape index (κ2) is 8.85. The first-order valence-electron chi connectivity index (χ1n) is 8.95. The van der Waals surface area contributed by atoms with Crippen molar-refractivity contribution >= 4 is 29.3 Å². The fraction of sp³-hybridized carbons (Fsp3) is 0.368. The number of hydrogen-bond donors (Lipinski definition) is 2. The number of carbonyl (C=O) groups is 2. The molecule has 1 aliphatic rings. The summed E-state index contributed by atoms with van der Waals surface area (Å²) in [6.07, 6.45) is 6.51. The van der Waals surface area contributed by atoms with Gasteiger partial charge in [-0.2, -0.15) is 0 Å². The van der Waals surface area contributed by atoms with Crippen molar-refractivity contribution in [1.29, 1.82) is 0 Å². The molecule has 7 nitrogen and oxygen atoms in total. The minimum absolute atomic E-state index is 0.160. The summed E-state index contributed by atoms with van der Waals surface area (Å²) in [7, 11) is 0. The molecule has 1 heterocycles. The van der Waals surface area contributed by atoms with E-state index in [1.807, 2.05) is 10.6 Å². The lowest BCUT2D eigenvalue weighted by Gasteiger charge is -2.12. The van der Waals surface area contributed by atoms with Crippen molar-refractivity contribution in [2.45, 2.75) is 43.3 Å². The predicted molar refractivity (Wildman–Crippen MR) is 106 cm³/mol. The summed E-state index contributed by atoms with van der Waals surface area (Å²) < 4.78 is 2.04. The van der Waals surface area contributed by atoms with Crippen molar-refractivity contribution in [3.05, 3.63) is 48.3 Å². The summed E-state index contributed by atoms with van der Waals surface area (Å²) in [4.78, 5) is 23.8. The molecule has 0 unspecified atom stereocenters. The zero-order valence-electron chi connectivity index (χ0n) is 15.1. The van der Waals surface area contributed by atoms with Crippen LogP contribution in [0.25, 0.3) is 0 Å². The van der Waals surface area contributed by atoms with E-state index in [2.05, 4.69) is 22.1 Å². The van der Waals surface area contributed by atoms with Gasteiger partial charge in [-0.05, 0) is 25.0 Å². The van der Waals surface area contributed by atoms with Crippen molar-refractivity contribution < 1.29 is 9.59 Å². The fourth-order valence-corrected chi connectivity index (χ4v) is 4.07. The third kappa shape index (κ3) is 4.57. The van der Waals surface area contributed by atoms with E-state index in [0.717, 1.165) is 18.7 Å². The van der Waals surface area contributed by atoms with Crippen LogP contribution in [-0.2, 0) is 11.3 Å². The third-order valence-corrected chi connectivity index (χ3v) is 5.54. The van der Waals surface area contributed by atoms with E-state index in [9.17, 15) is 9.59 Å². The van der Waals surface area contributed by atoms with E-state index in [-0.39, 0.29) is 17.2 Å². The Kier molecular flexibility index (Phi) is 6.28. The first-order valence-corrected chi connectivity index (χ1v) is 9.94. The van der Waals surface area contributed by atoms with Crippen LogP contribution in [0, 0.1) is 0 Å². The Hall–Kier alpha value is -2.61. The van der Waals surface area contributed by atoms with E-state index in [0.29, 0.717) is 23.3 Å². The molecule has 0 saturated heterocycles. The highest BCUT2D eigenvalue weighted by atomic mass is 32.2. The first kappa shape index (κ1) is 19.2. The van der Waals surface area contributed by atoms with Gasteiger partial charge < -0.3 is 15.6 Å². The van der Waals surface area contributed by atoms with Crippen LogP contribution in [-0.4, -0.2) is 32.3 Å². The molecule has 0 spiro atoms. The average Bonchev–Trinajstić information content (AvgIpc) is 3.30. The SMILES string of the molecule is C=CCn1c(SCC(=O)Nc2ccccc2C(N)=O)nnc1C1CCCC1. The lowest BCUT2D eigenvalue weighted by molar-refractivity contribution is -0.113. The van der Waals surface area contributed by atoms with Gasteiger partial charge in [0.25, 0.3) is 5.91 Å². The number of nitrogens with zero attached hydrogens (tertiary/aromatic N) is 3. The van der Waals surface area contributed by atoms with Gasteiger partial charge in [0, 0.05) is 12.5 Å². The minimum Gasteiger partial charge on any atom is -0.366 e. The number of nitrogens with two attached hydrogens (primary N) is 1. The number of primary amides is 1. The maximum absolute atomic E-state index is 12.3. The number of thioether (sulfide) groups is 1. The van der Waals surface area contributed by atoms with Gasteiger partial charge in [0.05, 0.1) is 17.0 Å². The highest BCUT2D eigenvalue weighted by molar-refractivity contribution is 7.99. The second-order valence-corrected chi connectivity index (χ2v) is 7.41. The average molecular weight is 385 g/mol. The molecule has 2 amide bonds. The normalized spacial score (nSPS) is 14.2. The molecular weight excluding hydrogens is 362 g/mol. The van der Waals surface area contributed by atoms with Crippen molar-refractivity contribution in [2.75, 3.05) is 11.1 Å². The van der Waals surface area contributed by atoms with Gasteiger partial charge in [0.2, 0.25) is 5.91 Å². The van der Waals surface area contributed by atoms with Gasteiger partial charge in [0.15, 0.2) is 5.16 Å². The van der Waals surface area contributed by atoms with Crippen molar-refractivity contribution in [2.24, 2.45) is 5.73 Å². The zero-order valence-corrected chi connectivity index (χ0v) is 15.9. The van der Waals surface area contributed by atoms with Crippen LogP contribution in [0.15, 0.2) is 42.1 Å². The number of aromatic nitrogens is 3. The number of anilines is 1. The van der Waals surface area contributed by atoms with Crippen LogP contribution >= 0.6 is 11.8 Å². The van der Waals surface area contributed by atoms with Gasteiger partial charge >= 0.3 is 0 Å². The molecule has 8 heteroatoms. The molecule has 3 N–H and O–H groups in total. The number of hydrogen-bond acceptors (Lipinski definition) is 5. The smallest absolute Gasteiger partial charge is 0.250 e. The lowest BCUT2D eigenvalue weighted by atomic mass is 10.1. The third-order valence-electron chi connectivity index (χ3n) is 4.58. The summed E-state index contributed by atoms with van der Waals surface area (Å²) in [6.45, 7) is 4.43. The van der Waals surface area contributed by atoms with E-state index in [4.69, 9.17) is 5.73 Å². The molecule has 2 aromatic rings. The van der Waals surface area contributed by atoms with E-state index >= 15 is 0 Å². The summed E-state index contributed by atoms with van der Waals surface area (Å²) in [6, 6.07) is 6.68. The molecule has 142 valence electrons. The largest absolute Gasteiger partial charge is 0.366 e. The van der Waals surface area contributed by atoms with Gasteiger partial charge in [-0.1, -0.05) is 42.8 Å². The topological polar surface area (TPSA) is 103 Å². The Bertz CT molecular complexity index is 842. The standard InChI is InChI=1S/C19H23N5O2S/c1-2-11-24-18(13-7-3-4-8-13)22-23-19(24)27-12-16(25)21-15-10-6-5-9-14(15)17(20)26/h2,5-6,9-10,13H,1,3-4,7-8,11-12H2,(H2,20,26)(H,21,25). The fourth-order valence-electron chi connectivity index (χ4n) is 3.32. The van der Waals surface area contributed by atoms with E-state index in [1.165, 1.54) is 24.6 Å². The Balaban J connectivity index is 1.67. The molecular formula is C19H23N5O2S. The summed E-state index contributed by atoms with van der Waals surface area (Å²) in [5.74, 6) is 0.764. The monoisotopic (exact) mass is 385 g/mol. The van der Waals surface area contributed by atoms with Crippen LogP contribution in [0.3, 0.4) is 0 Å². The molecule has 1 fully saturated rings. The second-order valence-electron chi connectivity index (χ2n) is 6.47. The van der Waals surface area contributed by atoms with E-state index < -0.39 is 5.91 Å². The predicted octanol–water partition coefficient (Wildman–Crippen LogP) is 2.95. The van der Waals surface area contributed by atoms with Crippen LogP contribution in [0.5, 0.6) is 0 Å².